The fourth-order valence-corrected chi connectivity index (χ4v) is 2.51. The van der Waals surface area contributed by atoms with E-state index < -0.39 is 0 Å². The maximum absolute atomic E-state index is 11.8. The molecule has 0 radical (unpaired) electrons. The maximum Gasteiger partial charge on any atom is 0.224 e. The third-order valence-electron chi connectivity index (χ3n) is 3.86. The molecule has 0 aliphatic heterocycles. The van der Waals surface area contributed by atoms with E-state index in [-0.39, 0.29) is 11.8 Å². The zero-order valence-electron chi connectivity index (χ0n) is 12.2. The first-order valence-corrected chi connectivity index (χ1v) is 7.33. The Labute approximate surface area is 111 Å². The van der Waals surface area contributed by atoms with Crippen LogP contribution in [0.25, 0.3) is 0 Å². The van der Waals surface area contributed by atoms with Gasteiger partial charge in [-0.1, -0.05) is 26.7 Å². The van der Waals surface area contributed by atoms with Crippen molar-refractivity contribution in [1.29, 1.82) is 0 Å². The molecule has 4 nitrogen and oxygen atoms in total. The lowest BCUT2D eigenvalue weighted by molar-refractivity contribution is -0.124. The molecule has 1 unspecified atom stereocenters. The normalized spacial score (nSPS) is 18.2. The Bertz CT molecular complexity index is 239. The third-order valence-corrected chi connectivity index (χ3v) is 3.86. The van der Waals surface area contributed by atoms with Crippen LogP contribution in [0, 0.1) is 5.92 Å². The summed E-state index contributed by atoms with van der Waals surface area (Å²) in [6.45, 7) is 7.44. The molecule has 1 atom stereocenters. The largest absolute Gasteiger partial charge is 0.355 e. The summed E-state index contributed by atoms with van der Waals surface area (Å²) in [5.74, 6) is 0.220. The quantitative estimate of drug-likeness (QED) is 0.685. The lowest BCUT2D eigenvalue weighted by atomic mass is 10.1. The van der Waals surface area contributed by atoms with Crippen molar-refractivity contribution >= 4 is 5.91 Å². The Balaban J connectivity index is 2.10. The van der Waals surface area contributed by atoms with Gasteiger partial charge >= 0.3 is 0 Å². The van der Waals surface area contributed by atoms with Gasteiger partial charge in [-0.15, -0.1) is 0 Å². The van der Waals surface area contributed by atoms with Crippen molar-refractivity contribution < 1.29 is 4.79 Å². The van der Waals surface area contributed by atoms with Gasteiger partial charge in [0.2, 0.25) is 5.91 Å². The van der Waals surface area contributed by atoms with Crippen molar-refractivity contribution in [2.24, 2.45) is 5.92 Å². The summed E-state index contributed by atoms with van der Waals surface area (Å²) in [6.07, 6.45) is 5.37. The standard InChI is InChI=1S/C14H29N3O/c1-4-15-11-12(2)14(18)16-9-10-17(3)13-7-5-6-8-13/h12-13,15H,4-11H2,1-3H3,(H,16,18). The van der Waals surface area contributed by atoms with Gasteiger partial charge in [0.25, 0.3) is 0 Å². The van der Waals surface area contributed by atoms with E-state index in [2.05, 4.69) is 29.5 Å². The van der Waals surface area contributed by atoms with E-state index >= 15 is 0 Å². The van der Waals surface area contributed by atoms with Crippen molar-refractivity contribution in [2.45, 2.75) is 45.6 Å². The molecule has 2 N–H and O–H groups in total. The molecule has 1 aliphatic carbocycles. The molecular weight excluding hydrogens is 226 g/mol. The van der Waals surface area contributed by atoms with Gasteiger partial charge in [0.1, 0.15) is 0 Å². The highest BCUT2D eigenvalue weighted by molar-refractivity contribution is 5.78. The molecule has 0 bridgehead atoms. The summed E-state index contributed by atoms with van der Waals surface area (Å²) in [4.78, 5) is 14.2. The fraction of sp³-hybridized carbons (Fsp3) is 0.929. The van der Waals surface area contributed by atoms with Gasteiger partial charge in [-0.25, -0.2) is 0 Å². The molecule has 0 heterocycles. The number of hydrogen-bond acceptors (Lipinski definition) is 3. The number of nitrogens with one attached hydrogen (secondary N) is 2. The maximum atomic E-state index is 11.8. The number of hydrogen-bond donors (Lipinski definition) is 2. The minimum absolute atomic E-state index is 0.0572. The number of amides is 1. The highest BCUT2D eigenvalue weighted by Gasteiger charge is 2.19. The number of nitrogens with zero attached hydrogens (tertiary/aromatic N) is 1. The summed E-state index contributed by atoms with van der Waals surface area (Å²) in [7, 11) is 2.17. The fourth-order valence-electron chi connectivity index (χ4n) is 2.51. The van der Waals surface area contributed by atoms with Crippen LogP contribution in [-0.2, 0) is 4.79 Å². The van der Waals surface area contributed by atoms with E-state index in [1.54, 1.807) is 0 Å². The van der Waals surface area contributed by atoms with E-state index in [1.165, 1.54) is 25.7 Å². The van der Waals surface area contributed by atoms with Crippen LogP contribution in [0.4, 0.5) is 0 Å². The van der Waals surface area contributed by atoms with Crippen LogP contribution in [0.3, 0.4) is 0 Å². The molecule has 1 aliphatic rings. The highest BCUT2D eigenvalue weighted by Crippen LogP contribution is 2.21. The van der Waals surface area contributed by atoms with E-state index in [4.69, 9.17) is 0 Å². The van der Waals surface area contributed by atoms with Crippen molar-refractivity contribution in [3.05, 3.63) is 0 Å². The molecule has 0 spiro atoms. The van der Waals surface area contributed by atoms with Crippen LogP contribution >= 0.6 is 0 Å². The van der Waals surface area contributed by atoms with E-state index in [1.807, 2.05) is 6.92 Å². The molecule has 0 saturated heterocycles. The Kier molecular flexibility index (Phi) is 7.28. The summed E-state index contributed by atoms with van der Waals surface area (Å²) in [5.41, 5.74) is 0. The zero-order valence-corrected chi connectivity index (χ0v) is 12.2. The molecule has 0 aromatic heterocycles. The first kappa shape index (κ1) is 15.4. The first-order valence-electron chi connectivity index (χ1n) is 7.33. The number of carbonyl (C=O) groups is 1. The SMILES string of the molecule is CCNCC(C)C(=O)NCCN(C)C1CCCC1. The second-order valence-corrected chi connectivity index (χ2v) is 5.42. The van der Waals surface area contributed by atoms with E-state index in [0.29, 0.717) is 0 Å². The topological polar surface area (TPSA) is 44.4 Å². The molecule has 0 aromatic rings. The predicted octanol–water partition coefficient (Wildman–Crippen LogP) is 1.22. The summed E-state index contributed by atoms with van der Waals surface area (Å²) in [5, 5.41) is 6.23. The van der Waals surface area contributed by atoms with Crippen LogP contribution < -0.4 is 10.6 Å². The molecule has 18 heavy (non-hydrogen) atoms. The minimum Gasteiger partial charge on any atom is -0.355 e. The molecular formula is C14H29N3O. The van der Waals surface area contributed by atoms with E-state index in [9.17, 15) is 4.79 Å². The van der Waals surface area contributed by atoms with Crippen LogP contribution in [-0.4, -0.2) is 50.1 Å². The average molecular weight is 255 g/mol. The minimum atomic E-state index is 0.0572. The van der Waals surface area contributed by atoms with Crippen LogP contribution in [0.1, 0.15) is 39.5 Å². The van der Waals surface area contributed by atoms with Crippen LogP contribution in [0.15, 0.2) is 0 Å². The second kappa shape index (κ2) is 8.48. The van der Waals surface area contributed by atoms with Gasteiger partial charge in [0.05, 0.1) is 0 Å². The lowest BCUT2D eigenvalue weighted by Crippen LogP contribution is -2.40. The molecule has 0 aromatic carbocycles. The van der Waals surface area contributed by atoms with Gasteiger partial charge in [-0.05, 0) is 26.4 Å². The monoisotopic (exact) mass is 255 g/mol. The molecule has 4 heteroatoms. The molecule has 1 fully saturated rings. The number of rotatable bonds is 8. The zero-order chi connectivity index (χ0) is 13.4. The van der Waals surface area contributed by atoms with Gasteiger partial charge in [-0.3, -0.25) is 4.79 Å². The highest BCUT2D eigenvalue weighted by atomic mass is 16.1. The number of carbonyl (C=O) groups excluding carboxylic acids is 1. The molecule has 1 amide bonds. The van der Waals surface area contributed by atoms with Gasteiger partial charge < -0.3 is 15.5 Å². The van der Waals surface area contributed by atoms with Crippen molar-refractivity contribution in [1.82, 2.24) is 15.5 Å². The molecule has 106 valence electrons. The van der Waals surface area contributed by atoms with Gasteiger partial charge in [0, 0.05) is 31.6 Å². The smallest absolute Gasteiger partial charge is 0.224 e. The van der Waals surface area contributed by atoms with Crippen LogP contribution in [0.5, 0.6) is 0 Å². The molecule has 1 saturated carbocycles. The average Bonchev–Trinajstić information content (AvgIpc) is 2.89. The first-order chi connectivity index (χ1) is 8.65. The van der Waals surface area contributed by atoms with Gasteiger partial charge in [-0.2, -0.15) is 0 Å². The van der Waals surface area contributed by atoms with E-state index in [0.717, 1.165) is 32.2 Å². The second-order valence-electron chi connectivity index (χ2n) is 5.42. The number of likely N-dealkylation sites (N-methyl/N-ethyl adjacent to an activating group) is 1. The lowest BCUT2D eigenvalue weighted by Gasteiger charge is -2.24. The Morgan fingerprint density at radius 2 is 2.06 bits per heavy atom. The Hall–Kier alpha value is -0.610. The Morgan fingerprint density at radius 3 is 2.67 bits per heavy atom. The van der Waals surface area contributed by atoms with Crippen LogP contribution in [0.2, 0.25) is 0 Å². The van der Waals surface area contributed by atoms with Crippen molar-refractivity contribution in [3.8, 4) is 0 Å². The predicted molar refractivity (Wildman–Crippen MR) is 75.6 cm³/mol. The summed E-state index contributed by atoms with van der Waals surface area (Å²) >= 11 is 0. The van der Waals surface area contributed by atoms with Crippen molar-refractivity contribution in [2.75, 3.05) is 33.2 Å². The Morgan fingerprint density at radius 1 is 1.39 bits per heavy atom. The summed E-state index contributed by atoms with van der Waals surface area (Å²) in [6, 6.07) is 0.737. The summed E-state index contributed by atoms with van der Waals surface area (Å²) < 4.78 is 0. The third kappa shape index (κ3) is 5.36. The van der Waals surface area contributed by atoms with Gasteiger partial charge in [0.15, 0.2) is 0 Å². The van der Waals surface area contributed by atoms with Crippen molar-refractivity contribution in [3.63, 3.8) is 0 Å². The molecule has 1 rings (SSSR count).